The minimum Gasteiger partial charge on any atom is -0.385 e. The Labute approximate surface area is 126 Å². The molecule has 1 aromatic rings. The molecule has 1 aromatic heterocycles. The van der Waals surface area contributed by atoms with Gasteiger partial charge in [-0.05, 0) is 64.5 Å². The van der Waals surface area contributed by atoms with Gasteiger partial charge in [0.2, 0.25) is 0 Å². The summed E-state index contributed by atoms with van der Waals surface area (Å²) in [5, 5.41) is 8.64. The van der Waals surface area contributed by atoms with Crippen LogP contribution in [-0.4, -0.2) is 19.1 Å². The Morgan fingerprint density at radius 1 is 1.15 bits per heavy atom. The molecule has 0 amide bonds. The summed E-state index contributed by atoms with van der Waals surface area (Å²) >= 11 is 1.92. The third-order valence-corrected chi connectivity index (χ3v) is 6.07. The highest BCUT2D eigenvalue weighted by Crippen LogP contribution is 2.22. The van der Waals surface area contributed by atoms with E-state index in [1.165, 1.54) is 60.4 Å². The van der Waals surface area contributed by atoms with Gasteiger partial charge in [-0.2, -0.15) is 0 Å². The SMILES string of the molecule is C=c1sc2c(/c1=C(/C)NC1CCC(NC)CC1)CCC2. The molecule has 110 valence electrons. The fourth-order valence-corrected chi connectivity index (χ4v) is 5.05. The predicted octanol–water partition coefficient (Wildman–Crippen LogP) is 1.90. The number of fused-ring (bicyclic) bond motifs is 1. The van der Waals surface area contributed by atoms with Gasteiger partial charge >= 0.3 is 0 Å². The minimum absolute atomic E-state index is 0.649. The summed E-state index contributed by atoms with van der Waals surface area (Å²) in [6, 6.07) is 1.37. The summed E-state index contributed by atoms with van der Waals surface area (Å²) in [7, 11) is 2.08. The van der Waals surface area contributed by atoms with Crippen LogP contribution in [0.4, 0.5) is 0 Å². The van der Waals surface area contributed by atoms with E-state index in [1.54, 1.807) is 10.4 Å². The monoisotopic (exact) mass is 290 g/mol. The molecule has 2 aliphatic carbocycles. The van der Waals surface area contributed by atoms with Crippen LogP contribution in [0, 0.1) is 0 Å². The van der Waals surface area contributed by atoms with Gasteiger partial charge < -0.3 is 10.6 Å². The molecule has 3 rings (SSSR count). The molecule has 2 aliphatic rings. The van der Waals surface area contributed by atoms with Crippen molar-refractivity contribution >= 4 is 23.6 Å². The average molecular weight is 290 g/mol. The van der Waals surface area contributed by atoms with Crippen molar-refractivity contribution in [1.82, 2.24) is 10.6 Å². The van der Waals surface area contributed by atoms with Crippen LogP contribution in [0.15, 0.2) is 0 Å². The molecule has 3 heteroatoms. The van der Waals surface area contributed by atoms with Gasteiger partial charge in [-0.15, -0.1) is 11.3 Å². The van der Waals surface area contributed by atoms with Crippen LogP contribution in [0.5, 0.6) is 0 Å². The second kappa shape index (κ2) is 5.90. The highest BCUT2D eigenvalue weighted by Gasteiger charge is 2.21. The molecule has 0 aliphatic heterocycles. The van der Waals surface area contributed by atoms with Crippen molar-refractivity contribution < 1.29 is 0 Å². The van der Waals surface area contributed by atoms with Gasteiger partial charge in [0.05, 0.1) is 0 Å². The smallest absolute Gasteiger partial charge is 0.0293 e. The number of hydrogen-bond donors (Lipinski definition) is 2. The number of rotatable bonds is 3. The van der Waals surface area contributed by atoms with Crippen LogP contribution < -0.4 is 20.4 Å². The number of thiophene rings is 1. The molecule has 0 spiro atoms. The van der Waals surface area contributed by atoms with Gasteiger partial charge in [-0.1, -0.05) is 6.58 Å². The molecular formula is C17H26N2S. The molecule has 0 saturated heterocycles. The van der Waals surface area contributed by atoms with Gasteiger partial charge in [0, 0.05) is 32.4 Å². The van der Waals surface area contributed by atoms with E-state index in [0.29, 0.717) is 6.04 Å². The van der Waals surface area contributed by atoms with Gasteiger partial charge in [0.25, 0.3) is 0 Å². The van der Waals surface area contributed by atoms with Crippen molar-refractivity contribution in [3.05, 3.63) is 20.2 Å². The highest BCUT2D eigenvalue weighted by atomic mass is 32.1. The third-order valence-electron chi connectivity index (χ3n) is 4.93. The summed E-state index contributed by atoms with van der Waals surface area (Å²) in [6.07, 6.45) is 8.99. The maximum atomic E-state index is 4.27. The van der Waals surface area contributed by atoms with E-state index in [1.807, 2.05) is 11.3 Å². The number of hydrogen-bond acceptors (Lipinski definition) is 3. The first-order chi connectivity index (χ1) is 9.69. The lowest BCUT2D eigenvalue weighted by molar-refractivity contribution is 0.338. The Balaban J connectivity index is 1.78. The first-order valence-corrected chi connectivity index (χ1v) is 8.75. The summed E-state index contributed by atoms with van der Waals surface area (Å²) in [5.41, 5.74) is 2.95. The Kier molecular flexibility index (Phi) is 4.18. The van der Waals surface area contributed by atoms with Crippen LogP contribution in [-0.2, 0) is 12.8 Å². The third kappa shape index (κ3) is 2.66. The van der Waals surface area contributed by atoms with E-state index in [-0.39, 0.29) is 0 Å². The van der Waals surface area contributed by atoms with Crippen molar-refractivity contribution in [3.63, 3.8) is 0 Å². The van der Waals surface area contributed by atoms with E-state index < -0.39 is 0 Å². The summed E-state index contributed by atoms with van der Waals surface area (Å²) < 4.78 is 1.27. The largest absolute Gasteiger partial charge is 0.385 e. The van der Waals surface area contributed by atoms with Crippen LogP contribution in [0.2, 0.25) is 0 Å². The first kappa shape index (κ1) is 14.2. The minimum atomic E-state index is 0.649. The molecule has 2 nitrogen and oxygen atoms in total. The lowest BCUT2D eigenvalue weighted by Crippen LogP contribution is -2.40. The molecule has 1 saturated carbocycles. The highest BCUT2D eigenvalue weighted by molar-refractivity contribution is 7.10. The van der Waals surface area contributed by atoms with Crippen LogP contribution in [0.25, 0.3) is 12.3 Å². The van der Waals surface area contributed by atoms with Crippen molar-refractivity contribution in [1.29, 1.82) is 0 Å². The quantitative estimate of drug-likeness (QED) is 0.888. The molecule has 1 fully saturated rings. The van der Waals surface area contributed by atoms with Crippen molar-refractivity contribution in [2.45, 2.75) is 64.0 Å². The fraction of sp³-hybridized carbons (Fsp3) is 0.647. The predicted molar refractivity (Wildman–Crippen MR) is 88.4 cm³/mol. The van der Waals surface area contributed by atoms with Gasteiger partial charge in [0.1, 0.15) is 0 Å². The van der Waals surface area contributed by atoms with Gasteiger partial charge in [-0.3, -0.25) is 0 Å². The van der Waals surface area contributed by atoms with Crippen molar-refractivity contribution in [2.75, 3.05) is 7.05 Å². The Morgan fingerprint density at radius 3 is 2.55 bits per heavy atom. The zero-order valence-electron chi connectivity index (χ0n) is 12.7. The van der Waals surface area contributed by atoms with Crippen molar-refractivity contribution in [3.8, 4) is 0 Å². The zero-order chi connectivity index (χ0) is 14.1. The number of nitrogens with one attached hydrogen (secondary N) is 2. The van der Waals surface area contributed by atoms with Crippen LogP contribution in [0.1, 0.15) is 49.5 Å². The first-order valence-electron chi connectivity index (χ1n) is 7.93. The van der Waals surface area contributed by atoms with Crippen LogP contribution >= 0.6 is 11.3 Å². The molecule has 0 atom stereocenters. The standard InChI is InChI=1S/C17H26N2S/c1-11(19-14-9-7-13(18-3)8-10-14)17-12(2)20-16-6-4-5-15(16)17/h13-14,18-19H,2,4-10H2,1,3H3/b17-11-. The molecule has 0 unspecified atom stereocenters. The average Bonchev–Trinajstić information content (AvgIpc) is 2.99. The fourth-order valence-electron chi connectivity index (χ4n) is 3.80. The molecular weight excluding hydrogens is 264 g/mol. The Hall–Kier alpha value is -0.800. The topological polar surface area (TPSA) is 24.1 Å². The molecule has 2 N–H and O–H groups in total. The molecule has 0 radical (unpaired) electrons. The lowest BCUT2D eigenvalue weighted by Gasteiger charge is -2.29. The van der Waals surface area contributed by atoms with Crippen LogP contribution in [0.3, 0.4) is 0 Å². The maximum absolute atomic E-state index is 4.27. The summed E-state index contributed by atoms with van der Waals surface area (Å²) in [4.78, 5) is 1.59. The van der Waals surface area contributed by atoms with Crippen molar-refractivity contribution in [2.24, 2.45) is 0 Å². The second-order valence-electron chi connectivity index (χ2n) is 6.26. The molecule has 20 heavy (non-hydrogen) atoms. The maximum Gasteiger partial charge on any atom is 0.0293 e. The van der Waals surface area contributed by atoms with E-state index in [4.69, 9.17) is 0 Å². The van der Waals surface area contributed by atoms with Gasteiger partial charge in [-0.25, -0.2) is 0 Å². The zero-order valence-corrected chi connectivity index (χ0v) is 13.5. The Bertz CT molecular complexity index is 579. The van der Waals surface area contributed by atoms with Gasteiger partial charge in [0.15, 0.2) is 0 Å². The normalized spacial score (nSPS) is 27.3. The summed E-state index contributed by atoms with van der Waals surface area (Å²) in [6.45, 7) is 6.52. The van der Waals surface area contributed by atoms with E-state index in [2.05, 4.69) is 31.2 Å². The molecule has 0 bridgehead atoms. The van der Waals surface area contributed by atoms with E-state index in [9.17, 15) is 0 Å². The number of aryl methyl sites for hydroxylation is 1. The molecule has 0 aromatic carbocycles. The lowest BCUT2D eigenvalue weighted by atomic mass is 9.91. The van der Waals surface area contributed by atoms with E-state index >= 15 is 0 Å². The Morgan fingerprint density at radius 2 is 1.85 bits per heavy atom. The molecule has 1 heterocycles. The second-order valence-corrected chi connectivity index (χ2v) is 7.45. The summed E-state index contributed by atoms with van der Waals surface area (Å²) in [5.74, 6) is 0. The van der Waals surface area contributed by atoms with E-state index in [0.717, 1.165) is 6.04 Å².